The van der Waals surface area contributed by atoms with Crippen molar-refractivity contribution in [3.05, 3.63) is 65.1 Å². The monoisotopic (exact) mass is 307 g/mol. The molecular formula is C19H21N3O. The Labute approximate surface area is 136 Å². The van der Waals surface area contributed by atoms with Crippen molar-refractivity contribution >= 4 is 11.3 Å². The molecule has 1 N–H and O–H groups in total. The molecular weight excluding hydrogens is 286 g/mol. The molecule has 1 aliphatic heterocycles. The average molecular weight is 307 g/mol. The van der Waals surface area contributed by atoms with E-state index < -0.39 is 0 Å². The zero-order chi connectivity index (χ0) is 16.0. The Balaban J connectivity index is 1.84. The highest BCUT2D eigenvalue weighted by Gasteiger charge is 2.26. The van der Waals surface area contributed by atoms with E-state index in [0.717, 1.165) is 35.7 Å². The minimum atomic E-state index is 0.00877. The van der Waals surface area contributed by atoms with Gasteiger partial charge in [0.05, 0.1) is 29.7 Å². The molecule has 0 amide bonds. The molecule has 1 aromatic carbocycles. The number of hydrogen-bond donors (Lipinski definition) is 1. The summed E-state index contributed by atoms with van der Waals surface area (Å²) in [5.74, 6) is 0. The summed E-state index contributed by atoms with van der Waals surface area (Å²) in [5, 5.41) is 9.61. The Morgan fingerprint density at radius 3 is 2.87 bits per heavy atom. The Kier molecular flexibility index (Phi) is 3.34. The summed E-state index contributed by atoms with van der Waals surface area (Å²) in [5.41, 5.74) is 6.67. The van der Waals surface area contributed by atoms with Gasteiger partial charge in [0, 0.05) is 12.7 Å². The molecule has 4 heteroatoms. The van der Waals surface area contributed by atoms with E-state index in [1.54, 1.807) is 0 Å². The normalized spacial score (nSPS) is 17.5. The number of pyridine rings is 1. The van der Waals surface area contributed by atoms with Crippen molar-refractivity contribution in [2.45, 2.75) is 32.9 Å². The van der Waals surface area contributed by atoms with Gasteiger partial charge >= 0.3 is 0 Å². The smallest absolute Gasteiger partial charge is 0.161 e. The van der Waals surface area contributed by atoms with E-state index in [1.807, 2.05) is 23.6 Å². The maximum atomic E-state index is 9.61. The van der Waals surface area contributed by atoms with Gasteiger partial charge in [-0.25, -0.2) is 4.98 Å². The van der Waals surface area contributed by atoms with Crippen molar-refractivity contribution in [2.75, 3.05) is 11.4 Å². The number of benzene rings is 1. The highest BCUT2D eigenvalue weighted by Crippen LogP contribution is 2.35. The minimum Gasteiger partial charge on any atom is -0.390 e. The lowest BCUT2D eigenvalue weighted by atomic mass is 9.93. The standard InChI is InChI=1S/C19H21N3O/c1-13-18(12-23)22-10-5-8-17(19(22)20-13)21-11-9-15-6-3-4-7-16(15)14(21)2/h3-8,10,14,23H,9,11-12H2,1-2H3/t14-/m1/s1. The molecule has 4 nitrogen and oxygen atoms in total. The number of aromatic nitrogens is 2. The molecule has 2 aromatic heterocycles. The molecule has 1 aliphatic rings. The van der Waals surface area contributed by atoms with Crippen LogP contribution in [0.1, 0.15) is 35.5 Å². The van der Waals surface area contributed by atoms with Crippen LogP contribution in [0, 0.1) is 6.92 Å². The van der Waals surface area contributed by atoms with Crippen LogP contribution in [-0.2, 0) is 13.0 Å². The number of imidazole rings is 1. The summed E-state index contributed by atoms with van der Waals surface area (Å²) in [4.78, 5) is 7.13. The summed E-state index contributed by atoms with van der Waals surface area (Å²) in [6.45, 7) is 5.20. The summed E-state index contributed by atoms with van der Waals surface area (Å²) in [6, 6.07) is 13.2. The third kappa shape index (κ3) is 2.13. The first kappa shape index (κ1) is 14.3. The van der Waals surface area contributed by atoms with Crippen LogP contribution in [0.5, 0.6) is 0 Å². The zero-order valence-electron chi connectivity index (χ0n) is 13.5. The highest BCUT2D eigenvalue weighted by molar-refractivity contribution is 5.71. The predicted molar refractivity (Wildman–Crippen MR) is 91.8 cm³/mol. The third-order valence-corrected chi connectivity index (χ3v) is 4.98. The summed E-state index contributed by atoms with van der Waals surface area (Å²) < 4.78 is 2.01. The van der Waals surface area contributed by atoms with E-state index in [2.05, 4.69) is 42.2 Å². The number of hydrogen-bond acceptors (Lipinski definition) is 3. The molecule has 4 rings (SSSR count). The number of aliphatic hydroxyl groups is 1. The Bertz CT molecular complexity index is 868. The molecule has 0 radical (unpaired) electrons. The summed E-state index contributed by atoms with van der Waals surface area (Å²) in [7, 11) is 0. The molecule has 0 unspecified atom stereocenters. The molecule has 0 saturated carbocycles. The average Bonchev–Trinajstić information content (AvgIpc) is 2.91. The van der Waals surface area contributed by atoms with Gasteiger partial charge in [-0.1, -0.05) is 24.3 Å². The van der Waals surface area contributed by atoms with Crippen molar-refractivity contribution in [3.8, 4) is 0 Å². The van der Waals surface area contributed by atoms with Crippen LogP contribution in [0.25, 0.3) is 5.65 Å². The fourth-order valence-electron chi connectivity index (χ4n) is 3.73. The number of rotatable bonds is 2. The molecule has 0 spiro atoms. The quantitative estimate of drug-likeness (QED) is 0.790. The van der Waals surface area contributed by atoms with Crippen molar-refractivity contribution in [2.24, 2.45) is 0 Å². The van der Waals surface area contributed by atoms with E-state index in [0.29, 0.717) is 6.04 Å². The summed E-state index contributed by atoms with van der Waals surface area (Å²) >= 11 is 0. The molecule has 1 atom stereocenters. The van der Waals surface area contributed by atoms with Crippen LogP contribution in [0.3, 0.4) is 0 Å². The molecule has 3 aromatic rings. The molecule has 0 saturated heterocycles. The van der Waals surface area contributed by atoms with Gasteiger partial charge in [-0.05, 0) is 43.5 Å². The van der Waals surface area contributed by atoms with Gasteiger partial charge in [-0.3, -0.25) is 4.40 Å². The molecule has 23 heavy (non-hydrogen) atoms. The van der Waals surface area contributed by atoms with Crippen LogP contribution < -0.4 is 4.90 Å². The SMILES string of the molecule is Cc1nc2c(N3CCc4ccccc4[C@H]3C)cccn2c1CO. The first-order valence-electron chi connectivity index (χ1n) is 8.12. The van der Waals surface area contributed by atoms with Crippen molar-refractivity contribution in [3.63, 3.8) is 0 Å². The second-order valence-electron chi connectivity index (χ2n) is 6.21. The first-order valence-corrected chi connectivity index (χ1v) is 8.12. The summed E-state index contributed by atoms with van der Waals surface area (Å²) in [6.07, 6.45) is 3.03. The molecule has 0 bridgehead atoms. The Morgan fingerprint density at radius 2 is 2.04 bits per heavy atom. The lowest BCUT2D eigenvalue weighted by molar-refractivity contribution is 0.275. The van der Waals surface area contributed by atoms with E-state index in [-0.39, 0.29) is 6.61 Å². The molecule has 3 heterocycles. The second-order valence-corrected chi connectivity index (χ2v) is 6.21. The first-order chi connectivity index (χ1) is 11.2. The van der Waals surface area contributed by atoms with Gasteiger partial charge in [-0.15, -0.1) is 0 Å². The Hall–Kier alpha value is -2.33. The fraction of sp³-hybridized carbons (Fsp3) is 0.316. The molecule has 0 fully saturated rings. The van der Waals surface area contributed by atoms with Gasteiger partial charge in [0.2, 0.25) is 0 Å². The van der Waals surface area contributed by atoms with Crippen LogP contribution in [0.15, 0.2) is 42.6 Å². The maximum absolute atomic E-state index is 9.61. The van der Waals surface area contributed by atoms with E-state index in [4.69, 9.17) is 4.98 Å². The van der Waals surface area contributed by atoms with Gasteiger partial charge in [0.25, 0.3) is 0 Å². The minimum absolute atomic E-state index is 0.00877. The number of nitrogens with zero attached hydrogens (tertiary/aromatic N) is 3. The van der Waals surface area contributed by atoms with Crippen LogP contribution in [0.4, 0.5) is 5.69 Å². The zero-order valence-corrected chi connectivity index (χ0v) is 13.5. The van der Waals surface area contributed by atoms with E-state index in [9.17, 15) is 5.11 Å². The fourth-order valence-corrected chi connectivity index (χ4v) is 3.73. The highest BCUT2D eigenvalue weighted by atomic mass is 16.3. The van der Waals surface area contributed by atoms with Gasteiger partial charge < -0.3 is 10.0 Å². The van der Waals surface area contributed by atoms with Crippen LogP contribution >= 0.6 is 0 Å². The van der Waals surface area contributed by atoms with E-state index in [1.165, 1.54) is 11.1 Å². The van der Waals surface area contributed by atoms with Crippen molar-refractivity contribution in [1.29, 1.82) is 0 Å². The lowest BCUT2D eigenvalue weighted by Crippen LogP contribution is -2.34. The topological polar surface area (TPSA) is 40.8 Å². The van der Waals surface area contributed by atoms with E-state index >= 15 is 0 Å². The van der Waals surface area contributed by atoms with Gasteiger partial charge in [0.15, 0.2) is 5.65 Å². The van der Waals surface area contributed by atoms with Crippen LogP contribution in [-0.4, -0.2) is 21.0 Å². The Morgan fingerprint density at radius 1 is 1.22 bits per heavy atom. The number of aliphatic hydroxyl groups excluding tert-OH is 1. The lowest BCUT2D eigenvalue weighted by Gasteiger charge is -2.37. The second kappa shape index (κ2) is 5.39. The third-order valence-electron chi connectivity index (χ3n) is 4.98. The molecule has 0 aliphatic carbocycles. The predicted octanol–water partition coefficient (Wildman–Crippen LogP) is 3.26. The largest absolute Gasteiger partial charge is 0.390 e. The number of aryl methyl sites for hydroxylation is 1. The van der Waals surface area contributed by atoms with Crippen molar-refractivity contribution in [1.82, 2.24) is 9.38 Å². The number of anilines is 1. The van der Waals surface area contributed by atoms with Gasteiger partial charge in [-0.2, -0.15) is 0 Å². The maximum Gasteiger partial charge on any atom is 0.161 e. The van der Waals surface area contributed by atoms with Crippen molar-refractivity contribution < 1.29 is 5.11 Å². The number of fused-ring (bicyclic) bond motifs is 2. The van der Waals surface area contributed by atoms with Gasteiger partial charge in [0.1, 0.15) is 0 Å². The van der Waals surface area contributed by atoms with Crippen LogP contribution in [0.2, 0.25) is 0 Å². The molecule has 118 valence electrons.